The van der Waals surface area contributed by atoms with Crippen molar-refractivity contribution in [2.24, 2.45) is 5.92 Å². The van der Waals surface area contributed by atoms with Crippen LogP contribution in [0.1, 0.15) is 32.1 Å². The van der Waals surface area contributed by atoms with Crippen LogP contribution in [0.2, 0.25) is 0 Å². The lowest BCUT2D eigenvalue weighted by molar-refractivity contribution is 0.181. The van der Waals surface area contributed by atoms with Crippen LogP contribution in [0.25, 0.3) is 0 Å². The summed E-state index contributed by atoms with van der Waals surface area (Å²) in [6, 6.07) is 0.668. The zero-order valence-electron chi connectivity index (χ0n) is 9.30. The molecule has 0 aliphatic carbocycles. The summed E-state index contributed by atoms with van der Waals surface area (Å²) in [5, 5.41) is 3.40. The normalized spacial score (nSPS) is 23.6. The van der Waals surface area contributed by atoms with E-state index in [1.165, 1.54) is 25.7 Å². The maximum atomic E-state index is 5.38. The van der Waals surface area contributed by atoms with Crippen molar-refractivity contribution in [1.82, 2.24) is 5.32 Å². The Morgan fingerprint density at radius 3 is 3.07 bits per heavy atom. The first-order valence-electron chi connectivity index (χ1n) is 5.72. The molecule has 2 nitrogen and oxygen atoms in total. The summed E-state index contributed by atoms with van der Waals surface area (Å²) in [6.45, 7) is 5.68. The van der Waals surface area contributed by atoms with Gasteiger partial charge in [0.15, 0.2) is 0 Å². The van der Waals surface area contributed by atoms with Gasteiger partial charge in [0.2, 0.25) is 0 Å². The standard InChI is InChI=1S/C12H23NO/c1-3-4-5-6-12(13-2)9-11-7-8-14-10-11/h3,11-13H,1,4-10H2,2H3. The SMILES string of the molecule is C=CCCCC(CC1CCOC1)NC. The number of allylic oxidation sites excluding steroid dienone is 1. The third-order valence-corrected chi connectivity index (χ3v) is 3.01. The Morgan fingerprint density at radius 1 is 1.64 bits per heavy atom. The highest BCUT2D eigenvalue weighted by Gasteiger charge is 2.19. The quantitative estimate of drug-likeness (QED) is 0.500. The maximum absolute atomic E-state index is 5.38. The molecule has 0 bridgehead atoms. The van der Waals surface area contributed by atoms with Crippen molar-refractivity contribution in [1.29, 1.82) is 0 Å². The van der Waals surface area contributed by atoms with Crippen molar-refractivity contribution in [2.75, 3.05) is 20.3 Å². The van der Waals surface area contributed by atoms with Crippen molar-refractivity contribution in [3.8, 4) is 0 Å². The fourth-order valence-corrected chi connectivity index (χ4v) is 2.06. The number of unbranched alkanes of at least 4 members (excludes halogenated alkanes) is 1. The summed E-state index contributed by atoms with van der Waals surface area (Å²) in [5.41, 5.74) is 0. The summed E-state index contributed by atoms with van der Waals surface area (Å²) in [7, 11) is 2.06. The minimum Gasteiger partial charge on any atom is -0.381 e. The first-order valence-corrected chi connectivity index (χ1v) is 5.72. The van der Waals surface area contributed by atoms with Crippen LogP contribution in [0.5, 0.6) is 0 Å². The molecule has 0 radical (unpaired) electrons. The highest BCUT2D eigenvalue weighted by atomic mass is 16.5. The van der Waals surface area contributed by atoms with E-state index in [1.807, 2.05) is 6.08 Å². The van der Waals surface area contributed by atoms with E-state index in [9.17, 15) is 0 Å². The fourth-order valence-electron chi connectivity index (χ4n) is 2.06. The molecule has 1 fully saturated rings. The number of hydrogen-bond donors (Lipinski definition) is 1. The third kappa shape index (κ3) is 4.25. The van der Waals surface area contributed by atoms with Crippen LogP contribution >= 0.6 is 0 Å². The lowest BCUT2D eigenvalue weighted by Gasteiger charge is -2.18. The Hall–Kier alpha value is -0.340. The van der Waals surface area contributed by atoms with E-state index in [4.69, 9.17) is 4.74 Å². The molecule has 1 aliphatic heterocycles. The first-order chi connectivity index (χ1) is 6.86. The number of hydrogen-bond acceptors (Lipinski definition) is 2. The molecule has 0 amide bonds. The molecular weight excluding hydrogens is 174 g/mol. The molecule has 1 N–H and O–H groups in total. The lowest BCUT2D eigenvalue weighted by atomic mass is 9.96. The summed E-state index contributed by atoms with van der Waals surface area (Å²) in [4.78, 5) is 0. The largest absolute Gasteiger partial charge is 0.381 e. The van der Waals surface area contributed by atoms with Gasteiger partial charge in [-0.25, -0.2) is 0 Å². The highest BCUT2D eigenvalue weighted by Crippen LogP contribution is 2.20. The van der Waals surface area contributed by atoms with Crippen LogP contribution in [-0.4, -0.2) is 26.3 Å². The molecule has 0 spiro atoms. The second-order valence-electron chi connectivity index (χ2n) is 4.17. The third-order valence-electron chi connectivity index (χ3n) is 3.01. The van der Waals surface area contributed by atoms with Crippen molar-refractivity contribution in [2.45, 2.75) is 38.1 Å². The van der Waals surface area contributed by atoms with Crippen molar-refractivity contribution < 1.29 is 4.74 Å². The van der Waals surface area contributed by atoms with Crippen LogP contribution < -0.4 is 5.32 Å². The van der Waals surface area contributed by atoms with E-state index >= 15 is 0 Å². The monoisotopic (exact) mass is 197 g/mol. The van der Waals surface area contributed by atoms with Crippen LogP contribution in [0, 0.1) is 5.92 Å². The lowest BCUT2D eigenvalue weighted by Crippen LogP contribution is -2.28. The van der Waals surface area contributed by atoms with Gasteiger partial charge in [-0.15, -0.1) is 6.58 Å². The van der Waals surface area contributed by atoms with Crippen molar-refractivity contribution in [3.05, 3.63) is 12.7 Å². The Balaban J connectivity index is 2.13. The summed E-state index contributed by atoms with van der Waals surface area (Å²) < 4.78 is 5.38. The molecule has 1 rings (SSSR count). The zero-order chi connectivity index (χ0) is 10.2. The van der Waals surface area contributed by atoms with Gasteiger partial charge in [-0.1, -0.05) is 6.08 Å². The summed E-state index contributed by atoms with van der Waals surface area (Å²) in [6.07, 6.45) is 8.18. The first kappa shape index (κ1) is 11.7. The van der Waals surface area contributed by atoms with E-state index in [0.29, 0.717) is 6.04 Å². The summed E-state index contributed by atoms with van der Waals surface area (Å²) in [5.74, 6) is 0.788. The smallest absolute Gasteiger partial charge is 0.0495 e. The predicted octanol–water partition coefficient (Wildman–Crippen LogP) is 2.36. The Labute approximate surface area is 87.7 Å². The maximum Gasteiger partial charge on any atom is 0.0495 e. The molecule has 0 aromatic rings. The van der Waals surface area contributed by atoms with E-state index in [2.05, 4.69) is 18.9 Å². The minimum atomic E-state index is 0.668. The van der Waals surface area contributed by atoms with Gasteiger partial charge in [-0.3, -0.25) is 0 Å². The van der Waals surface area contributed by atoms with Gasteiger partial charge in [-0.2, -0.15) is 0 Å². The molecule has 14 heavy (non-hydrogen) atoms. The second-order valence-corrected chi connectivity index (χ2v) is 4.17. The average molecular weight is 197 g/mol. The Kier molecular flexibility index (Phi) is 5.88. The molecule has 0 aromatic carbocycles. The van der Waals surface area contributed by atoms with Gasteiger partial charge >= 0.3 is 0 Å². The fraction of sp³-hybridized carbons (Fsp3) is 0.833. The molecule has 0 aromatic heterocycles. The predicted molar refractivity (Wildman–Crippen MR) is 60.4 cm³/mol. The number of ether oxygens (including phenoxy) is 1. The number of nitrogens with one attached hydrogen (secondary N) is 1. The van der Waals surface area contributed by atoms with Crippen LogP contribution in [0.15, 0.2) is 12.7 Å². The van der Waals surface area contributed by atoms with Gasteiger partial charge in [0.25, 0.3) is 0 Å². The minimum absolute atomic E-state index is 0.668. The van der Waals surface area contributed by atoms with Gasteiger partial charge in [-0.05, 0) is 45.1 Å². The Morgan fingerprint density at radius 2 is 2.50 bits per heavy atom. The van der Waals surface area contributed by atoms with Crippen LogP contribution in [-0.2, 0) is 4.74 Å². The molecule has 2 atom stereocenters. The molecule has 82 valence electrons. The van der Waals surface area contributed by atoms with Crippen molar-refractivity contribution >= 4 is 0 Å². The second kappa shape index (κ2) is 7.02. The van der Waals surface area contributed by atoms with E-state index in [1.54, 1.807) is 0 Å². The molecule has 1 heterocycles. The van der Waals surface area contributed by atoms with E-state index in [-0.39, 0.29) is 0 Å². The molecule has 1 saturated heterocycles. The summed E-state index contributed by atoms with van der Waals surface area (Å²) >= 11 is 0. The molecule has 0 saturated carbocycles. The Bertz CT molecular complexity index is 152. The van der Waals surface area contributed by atoms with Gasteiger partial charge in [0.05, 0.1) is 0 Å². The van der Waals surface area contributed by atoms with E-state index in [0.717, 1.165) is 25.6 Å². The number of rotatable bonds is 7. The van der Waals surface area contributed by atoms with Crippen molar-refractivity contribution in [3.63, 3.8) is 0 Å². The van der Waals surface area contributed by atoms with Gasteiger partial charge < -0.3 is 10.1 Å². The molecular formula is C12H23NO. The molecule has 2 unspecified atom stereocenters. The molecule has 1 aliphatic rings. The van der Waals surface area contributed by atoms with Gasteiger partial charge in [0, 0.05) is 19.3 Å². The van der Waals surface area contributed by atoms with E-state index < -0.39 is 0 Å². The zero-order valence-corrected chi connectivity index (χ0v) is 9.30. The van der Waals surface area contributed by atoms with Crippen LogP contribution in [0.3, 0.4) is 0 Å². The van der Waals surface area contributed by atoms with Gasteiger partial charge in [0.1, 0.15) is 0 Å². The average Bonchev–Trinajstić information content (AvgIpc) is 2.69. The van der Waals surface area contributed by atoms with Crippen LogP contribution in [0.4, 0.5) is 0 Å². The molecule has 2 heteroatoms. The topological polar surface area (TPSA) is 21.3 Å². The highest BCUT2D eigenvalue weighted by molar-refractivity contribution is 4.75.